The van der Waals surface area contributed by atoms with Crippen LogP contribution in [-0.2, 0) is 24.0 Å². The van der Waals surface area contributed by atoms with Crippen LogP contribution in [0, 0.1) is 5.92 Å². The lowest BCUT2D eigenvalue weighted by Crippen LogP contribution is -2.55. The zero-order chi connectivity index (χ0) is 21.9. The Bertz CT molecular complexity index is 582. The second-order valence-corrected chi connectivity index (χ2v) is 6.66. The number of carboxylic acid groups (broad SMARTS) is 1. The Kier molecular flexibility index (Phi) is 11.4. The van der Waals surface area contributed by atoms with Gasteiger partial charge in [-0.3, -0.25) is 19.2 Å². The molecule has 0 aromatic rings. The summed E-state index contributed by atoms with van der Waals surface area (Å²) in [4.78, 5) is 57.5. The van der Waals surface area contributed by atoms with Crippen LogP contribution in [0.2, 0.25) is 0 Å². The number of primary amides is 1. The number of aliphatic hydroxyl groups is 1. The molecule has 160 valence electrons. The van der Waals surface area contributed by atoms with Crippen molar-refractivity contribution in [2.75, 3.05) is 13.2 Å². The summed E-state index contributed by atoms with van der Waals surface area (Å²) in [5.41, 5.74) is 10.5. The van der Waals surface area contributed by atoms with E-state index in [4.69, 9.17) is 16.6 Å². The highest BCUT2D eigenvalue weighted by Gasteiger charge is 2.26. The van der Waals surface area contributed by atoms with E-state index in [9.17, 15) is 29.1 Å². The average molecular weight is 403 g/mol. The molecule has 0 bridgehead atoms. The van der Waals surface area contributed by atoms with Gasteiger partial charge in [-0.25, -0.2) is 4.79 Å². The smallest absolute Gasteiger partial charge is 0.326 e. The minimum atomic E-state index is -1.39. The van der Waals surface area contributed by atoms with Crippen LogP contribution < -0.4 is 27.4 Å². The predicted molar refractivity (Wildman–Crippen MR) is 97.5 cm³/mol. The Hall–Kier alpha value is -2.73. The standard InChI is InChI=1S/C16H29N5O7/c1-8(2)5-10(16(27)28)21-15(26)11(7-22)20-13(24)6-19-14(25)9(17)3-4-12(18)23/h8-11,22H,3-7,17H2,1-2H3,(H2,18,23)(H,19,25)(H,20,24)(H,21,26)(H,27,28). The highest BCUT2D eigenvalue weighted by Crippen LogP contribution is 2.05. The molecule has 3 atom stereocenters. The van der Waals surface area contributed by atoms with E-state index < -0.39 is 60.9 Å². The third-order valence-corrected chi connectivity index (χ3v) is 3.62. The molecular formula is C16H29N5O7. The molecule has 0 spiro atoms. The number of carboxylic acids is 1. The van der Waals surface area contributed by atoms with Crippen molar-refractivity contribution in [3.63, 3.8) is 0 Å². The van der Waals surface area contributed by atoms with E-state index in [1.165, 1.54) is 0 Å². The van der Waals surface area contributed by atoms with Crippen molar-refractivity contribution in [2.24, 2.45) is 17.4 Å². The maximum atomic E-state index is 12.1. The first kappa shape index (κ1) is 25.3. The maximum Gasteiger partial charge on any atom is 0.326 e. The third-order valence-electron chi connectivity index (χ3n) is 3.62. The Balaban J connectivity index is 4.57. The Morgan fingerprint density at radius 3 is 2.07 bits per heavy atom. The number of nitrogens with two attached hydrogens (primary N) is 2. The summed E-state index contributed by atoms with van der Waals surface area (Å²) in [6, 6.07) is -3.59. The number of nitrogens with one attached hydrogen (secondary N) is 3. The summed E-state index contributed by atoms with van der Waals surface area (Å²) < 4.78 is 0. The molecule has 0 aromatic heterocycles. The number of aliphatic carboxylic acids is 1. The Morgan fingerprint density at radius 1 is 1.00 bits per heavy atom. The third kappa shape index (κ3) is 10.4. The lowest BCUT2D eigenvalue weighted by Gasteiger charge is -2.21. The van der Waals surface area contributed by atoms with Crippen LogP contribution in [0.15, 0.2) is 0 Å². The van der Waals surface area contributed by atoms with Crippen LogP contribution >= 0.6 is 0 Å². The first-order valence-electron chi connectivity index (χ1n) is 8.72. The van der Waals surface area contributed by atoms with Crippen molar-refractivity contribution in [3.05, 3.63) is 0 Å². The van der Waals surface area contributed by atoms with Gasteiger partial charge in [0.25, 0.3) is 0 Å². The highest BCUT2D eigenvalue weighted by molar-refractivity contribution is 5.92. The van der Waals surface area contributed by atoms with Crippen molar-refractivity contribution >= 4 is 29.6 Å². The molecule has 12 heteroatoms. The zero-order valence-corrected chi connectivity index (χ0v) is 15.9. The van der Waals surface area contributed by atoms with Crippen molar-refractivity contribution in [3.8, 4) is 0 Å². The molecule has 12 nitrogen and oxygen atoms in total. The van der Waals surface area contributed by atoms with E-state index in [0.29, 0.717) is 0 Å². The van der Waals surface area contributed by atoms with Gasteiger partial charge in [-0.2, -0.15) is 0 Å². The predicted octanol–water partition coefficient (Wildman–Crippen LogP) is -3.21. The average Bonchev–Trinajstić information content (AvgIpc) is 2.60. The fourth-order valence-corrected chi connectivity index (χ4v) is 2.13. The number of hydrogen-bond donors (Lipinski definition) is 7. The molecule has 4 amide bonds. The molecule has 0 rings (SSSR count). The molecular weight excluding hydrogens is 374 g/mol. The van der Waals surface area contributed by atoms with Gasteiger partial charge in [0, 0.05) is 6.42 Å². The van der Waals surface area contributed by atoms with E-state index in [1.807, 2.05) is 0 Å². The summed E-state index contributed by atoms with van der Waals surface area (Å²) in [5, 5.41) is 25.1. The van der Waals surface area contributed by atoms with Crippen LogP contribution in [0.25, 0.3) is 0 Å². The van der Waals surface area contributed by atoms with E-state index in [-0.39, 0.29) is 25.2 Å². The lowest BCUT2D eigenvalue weighted by atomic mass is 10.0. The van der Waals surface area contributed by atoms with Gasteiger partial charge >= 0.3 is 5.97 Å². The number of carbonyl (C=O) groups is 5. The van der Waals surface area contributed by atoms with Crippen LogP contribution in [0.1, 0.15) is 33.1 Å². The molecule has 0 aliphatic carbocycles. The summed E-state index contributed by atoms with van der Waals surface area (Å²) in [7, 11) is 0. The molecule has 0 fully saturated rings. The maximum absolute atomic E-state index is 12.1. The van der Waals surface area contributed by atoms with Gasteiger partial charge < -0.3 is 37.6 Å². The van der Waals surface area contributed by atoms with E-state index in [2.05, 4.69) is 16.0 Å². The Labute approximate surface area is 162 Å². The van der Waals surface area contributed by atoms with Gasteiger partial charge in [0.05, 0.1) is 19.2 Å². The van der Waals surface area contributed by atoms with Crippen LogP contribution in [0.3, 0.4) is 0 Å². The molecule has 0 saturated heterocycles. The monoisotopic (exact) mass is 403 g/mol. The Morgan fingerprint density at radius 2 is 1.61 bits per heavy atom. The highest BCUT2D eigenvalue weighted by atomic mass is 16.4. The minimum absolute atomic E-state index is 0.00227. The second kappa shape index (κ2) is 12.6. The molecule has 9 N–H and O–H groups in total. The van der Waals surface area contributed by atoms with Crippen LogP contribution in [-0.4, -0.2) is 71.1 Å². The number of carbonyl (C=O) groups excluding carboxylic acids is 4. The first-order chi connectivity index (χ1) is 13.0. The van der Waals surface area contributed by atoms with E-state index in [1.54, 1.807) is 13.8 Å². The fraction of sp³-hybridized carbons (Fsp3) is 0.688. The molecule has 0 aromatic carbocycles. The number of hydrogen-bond acceptors (Lipinski definition) is 7. The first-order valence-corrected chi connectivity index (χ1v) is 8.72. The molecule has 0 aliphatic heterocycles. The minimum Gasteiger partial charge on any atom is -0.480 e. The van der Waals surface area contributed by atoms with Gasteiger partial charge in [-0.15, -0.1) is 0 Å². The van der Waals surface area contributed by atoms with Gasteiger partial charge in [0.1, 0.15) is 12.1 Å². The van der Waals surface area contributed by atoms with Gasteiger partial charge in [-0.1, -0.05) is 13.8 Å². The fourth-order valence-electron chi connectivity index (χ4n) is 2.13. The summed E-state index contributed by atoms with van der Waals surface area (Å²) in [6.07, 6.45) is 0.0952. The van der Waals surface area contributed by atoms with Crippen molar-refractivity contribution < 1.29 is 34.2 Å². The number of rotatable bonds is 13. The molecule has 3 unspecified atom stereocenters. The molecule has 0 heterocycles. The van der Waals surface area contributed by atoms with Crippen molar-refractivity contribution in [2.45, 2.75) is 51.2 Å². The summed E-state index contributed by atoms with van der Waals surface area (Å²) >= 11 is 0. The normalized spacial score (nSPS) is 13.9. The molecule has 28 heavy (non-hydrogen) atoms. The topological polar surface area (TPSA) is 214 Å². The van der Waals surface area contributed by atoms with Crippen molar-refractivity contribution in [1.82, 2.24) is 16.0 Å². The lowest BCUT2D eigenvalue weighted by molar-refractivity contribution is -0.143. The zero-order valence-electron chi connectivity index (χ0n) is 15.9. The van der Waals surface area contributed by atoms with Gasteiger partial charge in [0.15, 0.2) is 0 Å². The van der Waals surface area contributed by atoms with Gasteiger partial charge in [0.2, 0.25) is 23.6 Å². The van der Waals surface area contributed by atoms with Crippen LogP contribution in [0.4, 0.5) is 0 Å². The molecule has 0 aliphatic rings. The number of amides is 4. The largest absolute Gasteiger partial charge is 0.480 e. The molecule has 0 radical (unpaired) electrons. The quantitative estimate of drug-likeness (QED) is 0.166. The summed E-state index contributed by atoms with van der Waals surface area (Å²) in [6.45, 7) is 2.27. The molecule has 0 saturated carbocycles. The second-order valence-electron chi connectivity index (χ2n) is 6.66. The summed E-state index contributed by atoms with van der Waals surface area (Å²) in [5.74, 6) is -4.20. The SMILES string of the molecule is CC(C)CC(NC(=O)C(CO)NC(=O)CNC(=O)C(N)CCC(N)=O)C(=O)O. The van der Waals surface area contributed by atoms with Crippen molar-refractivity contribution in [1.29, 1.82) is 0 Å². The van der Waals surface area contributed by atoms with E-state index >= 15 is 0 Å². The van der Waals surface area contributed by atoms with E-state index in [0.717, 1.165) is 0 Å². The van der Waals surface area contributed by atoms with Crippen LogP contribution in [0.5, 0.6) is 0 Å². The van der Waals surface area contributed by atoms with Gasteiger partial charge in [-0.05, 0) is 18.8 Å². The number of aliphatic hydroxyl groups excluding tert-OH is 1.